The van der Waals surface area contributed by atoms with Gasteiger partial charge in [-0.25, -0.2) is 0 Å². The second-order valence-corrected chi connectivity index (χ2v) is 0. The topological polar surface area (TPSA) is 58.8 Å². The van der Waals surface area contributed by atoms with Gasteiger partial charge in [0.25, 0.3) is 0 Å². The van der Waals surface area contributed by atoms with Gasteiger partial charge in [-0.2, -0.15) is 0 Å². The molecule has 0 aliphatic rings. The first-order valence-corrected chi connectivity index (χ1v) is 0.224. The summed E-state index contributed by atoms with van der Waals surface area (Å²) in [6.45, 7) is 4.75. The zero-order valence-corrected chi connectivity index (χ0v) is 2.96. The molecule has 0 aromatic heterocycles. The van der Waals surface area contributed by atoms with E-state index in [-0.39, 0.29) is 22.6 Å². The molecule has 4 heavy (non-hydrogen) atoms. The first-order chi connectivity index (χ1) is 1.00. The number of hydrogen-bond acceptors (Lipinski definition) is 2. The quantitative estimate of drug-likeness (QED) is 0.352. The molecule has 0 heterocycles. The van der Waals surface area contributed by atoms with Crippen LogP contribution in [0.25, 0.3) is 0 Å². The van der Waals surface area contributed by atoms with E-state index < -0.39 is 0 Å². The van der Waals surface area contributed by atoms with Crippen molar-refractivity contribution in [3.63, 3.8) is 0 Å². The number of rotatable bonds is 0. The van der Waals surface area contributed by atoms with Gasteiger partial charge in [-0.05, 0) is 0 Å². The fourth-order valence-electron chi connectivity index (χ4n) is 0. The van der Waals surface area contributed by atoms with Crippen molar-refractivity contribution >= 4 is 0 Å². The van der Waals surface area contributed by atoms with E-state index in [4.69, 9.17) is 11.8 Å². The minimum Gasteiger partial charge on any atom is -0.512 e. The molecule has 0 fully saturated rings. The Morgan fingerprint density at radius 2 is 1.25 bits per heavy atom. The molecule has 0 amide bonds. The van der Waals surface area contributed by atoms with Crippen molar-refractivity contribution in [3.05, 3.63) is 6.57 Å². The van der Waals surface area contributed by atoms with Gasteiger partial charge < -0.3 is 18.0 Å². The van der Waals surface area contributed by atoms with E-state index >= 15 is 0 Å². The maximum absolute atomic E-state index is 6.25. The van der Waals surface area contributed by atoms with Crippen LogP contribution in [0.3, 0.4) is 0 Å². The third-order valence-electron chi connectivity index (χ3n) is 0. The van der Waals surface area contributed by atoms with E-state index in [1.54, 1.807) is 0 Å². The Morgan fingerprint density at radius 3 is 1.25 bits per heavy atom. The van der Waals surface area contributed by atoms with Crippen LogP contribution in [0.5, 0.6) is 0 Å². The Hall–Kier alpha value is -0.0565. The summed E-state index contributed by atoms with van der Waals surface area (Å²) in [6, 6.07) is 0. The van der Waals surface area contributed by atoms with Gasteiger partial charge in [-0.15, -0.1) is 0 Å². The molecule has 0 unspecified atom stereocenters. The zero-order valence-electron chi connectivity index (χ0n) is 1.97. The summed E-state index contributed by atoms with van der Waals surface area (Å²) in [4.78, 5) is 0. The number of hydrogen-bond donors (Lipinski definition) is 1. The van der Waals surface area contributed by atoms with Crippen LogP contribution >= 0.6 is 0 Å². The molecular formula is CH3N2Ni-. The Bertz CT molecular complexity index is 10.8. The van der Waals surface area contributed by atoms with Crippen molar-refractivity contribution in [1.29, 1.82) is 5.26 Å². The van der Waals surface area contributed by atoms with Crippen LogP contribution in [0, 0.1) is 11.8 Å². The first-order valence-electron chi connectivity index (χ1n) is 0.224. The third kappa shape index (κ3) is 542. The largest absolute Gasteiger partial charge is 0.512 e. The van der Waals surface area contributed by atoms with Gasteiger partial charge in [-0.3, -0.25) is 0 Å². The fourth-order valence-corrected chi connectivity index (χ4v) is 0. The van der Waals surface area contributed by atoms with E-state index in [9.17, 15) is 0 Å². The van der Waals surface area contributed by atoms with Gasteiger partial charge in [0.05, 0.1) is 0 Å². The van der Waals surface area contributed by atoms with E-state index in [0.29, 0.717) is 0 Å². The predicted molar refractivity (Wildman–Crippen MR) is 9.99 cm³/mol. The molecule has 0 aliphatic heterocycles. The van der Waals surface area contributed by atoms with Crippen molar-refractivity contribution in [1.82, 2.24) is 6.15 Å². The molecule has 3 heteroatoms. The van der Waals surface area contributed by atoms with Crippen LogP contribution < -0.4 is 6.15 Å². The fraction of sp³-hybridized carbons (Fsp3) is 0. The Labute approximate surface area is 35.3 Å². The second-order valence-electron chi connectivity index (χ2n) is 0. The summed E-state index contributed by atoms with van der Waals surface area (Å²) in [5.41, 5.74) is 0. The molecule has 0 saturated heterocycles. The van der Waals surface area contributed by atoms with Crippen molar-refractivity contribution in [2.45, 2.75) is 0 Å². The maximum Gasteiger partial charge on any atom is 0 e. The van der Waals surface area contributed by atoms with Gasteiger partial charge in [0.2, 0.25) is 0 Å². The molecular weight excluding hydrogens is 98.7 g/mol. The summed E-state index contributed by atoms with van der Waals surface area (Å²) in [6.07, 6.45) is 0. The second kappa shape index (κ2) is 3480. The molecule has 0 aromatic carbocycles. The molecule has 0 spiro atoms. The van der Waals surface area contributed by atoms with Gasteiger partial charge in [-0.1, -0.05) is 0 Å². The summed E-state index contributed by atoms with van der Waals surface area (Å²) in [5.74, 6) is 0. The molecule has 0 atom stereocenters. The van der Waals surface area contributed by atoms with Crippen LogP contribution in [0.4, 0.5) is 0 Å². The van der Waals surface area contributed by atoms with Crippen molar-refractivity contribution in [2.24, 2.45) is 0 Å². The Kier molecular flexibility index (Phi) is 33400. The summed E-state index contributed by atoms with van der Waals surface area (Å²) < 4.78 is 0. The Balaban J connectivity index is -0.00000000500. The number of nitrogens with zero attached hydrogens (tertiary/aromatic N) is 1. The third-order valence-corrected chi connectivity index (χ3v) is 0. The average molecular weight is 102 g/mol. The summed E-state index contributed by atoms with van der Waals surface area (Å²) in [7, 11) is 0. The standard InChI is InChI=1S/CN.H3N.Ni/c1-2;;/h;1H3;/q-1;;. The van der Waals surface area contributed by atoms with E-state index in [2.05, 4.69) is 0 Å². The van der Waals surface area contributed by atoms with Crippen LogP contribution in [0.2, 0.25) is 0 Å². The molecule has 3 N–H and O–H groups in total. The van der Waals surface area contributed by atoms with Crippen LogP contribution in [-0.4, -0.2) is 0 Å². The van der Waals surface area contributed by atoms with Gasteiger partial charge in [0.15, 0.2) is 0 Å². The van der Waals surface area contributed by atoms with Gasteiger partial charge in [0.1, 0.15) is 0 Å². The molecule has 0 saturated carbocycles. The van der Waals surface area contributed by atoms with Crippen molar-refractivity contribution < 1.29 is 16.5 Å². The van der Waals surface area contributed by atoms with Crippen molar-refractivity contribution in [3.8, 4) is 0 Å². The molecule has 0 aromatic rings. The smallest absolute Gasteiger partial charge is 0 e. The summed E-state index contributed by atoms with van der Waals surface area (Å²) >= 11 is 0. The molecule has 2 nitrogen and oxygen atoms in total. The van der Waals surface area contributed by atoms with E-state index in [0.717, 1.165) is 0 Å². The predicted octanol–water partition coefficient (Wildman–Crippen LogP) is 0.256. The SMILES string of the molecule is N.[C-]#N.[Ni]. The molecule has 0 radical (unpaired) electrons. The maximum atomic E-state index is 6.25. The molecule has 28 valence electrons. The normalized spacial score (nSPS) is 0.500. The molecule has 0 aliphatic carbocycles. The average Bonchev–Trinajstić information content (AvgIpc) is 1.00. The van der Waals surface area contributed by atoms with Crippen LogP contribution in [0.1, 0.15) is 0 Å². The summed E-state index contributed by atoms with van der Waals surface area (Å²) in [5, 5.41) is 6.25. The van der Waals surface area contributed by atoms with E-state index in [1.165, 1.54) is 0 Å². The molecule has 0 bridgehead atoms. The van der Waals surface area contributed by atoms with Crippen molar-refractivity contribution in [2.75, 3.05) is 0 Å². The van der Waals surface area contributed by atoms with Crippen LogP contribution in [-0.2, 0) is 16.5 Å². The minimum absolute atomic E-state index is 0. The zero-order chi connectivity index (χ0) is 2.00. The Morgan fingerprint density at radius 1 is 1.25 bits per heavy atom. The molecule has 0 rings (SSSR count). The first kappa shape index (κ1) is 38.4. The van der Waals surface area contributed by atoms with Gasteiger partial charge in [0, 0.05) is 16.5 Å². The minimum atomic E-state index is 0. The van der Waals surface area contributed by atoms with Crippen LogP contribution in [0.15, 0.2) is 0 Å². The monoisotopic (exact) mass is 101 g/mol. The van der Waals surface area contributed by atoms with Gasteiger partial charge >= 0.3 is 0 Å². The van der Waals surface area contributed by atoms with E-state index in [1.807, 2.05) is 0 Å².